The second-order valence-corrected chi connectivity index (χ2v) is 5.10. The molecule has 0 aliphatic rings. The smallest absolute Gasteiger partial charge is 0.228 e. The van der Waals surface area contributed by atoms with Crippen molar-refractivity contribution < 1.29 is 4.79 Å². The van der Waals surface area contributed by atoms with Crippen LogP contribution in [0.1, 0.15) is 20.8 Å². The molecule has 0 fully saturated rings. The number of benzene rings is 1. The number of allylic oxidation sites excluding steroid dienone is 5. The topological polar surface area (TPSA) is 25.2 Å². The quantitative estimate of drug-likeness (QED) is 0.758. The summed E-state index contributed by atoms with van der Waals surface area (Å²) < 4.78 is 2.05. The minimum Gasteiger partial charge on any atom is -0.348 e. The Morgan fingerprint density at radius 2 is 1.91 bits per heavy atom. The monoisotopic (exact) mass is 294 g/mol. The van der Waals surface area contributed by atoms with Gasteiger partial charge in [0.25, 0.3) is 0 Å². The van der Waals surface area contributed by atoms with Crippen molar-refractivity contribution in [3.8, 4) is 0 Å². The zero-order valence-electron chi connectivity index (χ0n) is 13.6. The number of anilines is 1. The predicted molar refractivity (Wildman–Crippen MR) is 93.8 cm³/mol. The second kappa shape index (κ2) is 6.94. The van der Waals surface area contributed by atoms with Crippen molar-refractivity contribution >= 4 is 22.5 Å². The van der Waals surface area contributed by atoms with Gasteiger partial charge in [-0.1, -0.05) is 42.5 Å². The number of rotatable bonds is 4. The molecule has 0 aliphatic carbocycles. The molecular weight excluding hydrogens is 272 g/mol. The predicted octanol–water partition coefficient (Wildman–Crippen LogP) is 4.57. The van der Waals surface area contributed by atoms with Crippen molar-refractivity contribution in [2.75, 3.05) is 4.90 Å². The molecule has 3 heteroatoms. The van der Waals surface area contributed by atoms with E-state index in [0.717, 1.165) is 22.3 Å². The van der Waals surface area contributed by atoms with E-state index >= 15 is 0 Å². The van der Waals surface area contributed by atoms with Crippen LogP contribution in [-0.2, 0) is 11.8 Å². The molecule has 1 amide bonds. The molecule has 2 rings (SSSR count). The molecule has 0 radical (unpaired) electrons. The summed E-state index contributed by atoms with van der Waals surface area (Å²) in [5.41, 5.74) is 2.88. The van der Waals surface area contributed by atoms with Crippen LogP contribution in [0.15, 0.2) is 66.5 Å². The van der Waals surface area contributed by atoms with Crippen LogP contribution >= 0.6 is 0 Å². The molecule has 0 atom stereocenters. The highest BCUT2D eigenvalue weighted by Crippen LogP contribution is 2.31. The van der Waals surface area contributed by atoms with Gasteiger partial charge in [0, 0.05) is 36.8 Å². The van der Waals surface area contributed by atoms with E-state index < -0.39 is 0 Å². The lowest BCUT2D eigenvalue weighted by molar-refractivity contribution is -0.116. The summed E-state index contributed by atoms with van der Waals surface area (Å²) in [5, 5.41) is 1.07. The largest absolute Gasteiger partial charge is 0.348 e. The number of hydrogen-bond acceptors (Lipinski definition) is 1. The zero-order valence-corrected chi connectivity index (χ0v) is 13.6. The minimum absolute atomic E-state index is 0.00502. The first-order valence-electron chi connectivity index (χ1n) is 7.40. The summed E-state index contributed by atoms with van der Waals surface area (Å²) in [5.74, 6) is -0.00502. The van der Waals surface area contributed by atoms with Crippen LogP contribution in [0.5, 0.6) is 0 Å². The van der Waals surface area contributed by atoms with Crippen molar-refractivity contribution in [1.82, 2.24) is 4.57 Å². The van der Waals surface area contributed by atoms with Gasteiger partial charge in [-0.05, 0) is 26.0 Å². The van der Waals surface area contributed by atoms with Gasteiger partial charge in [-0.25, -0.2) is 0 Å². The number of aromatic nitrogens is 1. The minimum atomic E-state index is -0.00502. The molecule has 2 aromatic rings. The molecule has 1 aromatic carbocycles. The number of para-hydroxylation sites is 1. The molecule has 0 N–H and O–H groups in total. The van der Waals surface area contributed by atoms with Gasteiger partial charge in [0.1, 0.15) is 0 Å². The number of aryl methyl sites for hydroxylation is 1. The highest BCUT2D eigenvalue weighted by atomic mass is 16.2. The highest BCUT2D eigenvalue weighted by molar-refractivity contribution is 6.05. The fraction of sp³-hybridized carbons (Fsp3) is 0.211. The third-order valence-electron chi connectivity index (χ3n) is 3.56. The molecule has 1 aromatic heterocycles. The van der Waals surface area contributed by atoms with E-state index in [1.165, 1.54) is 0 Å². The molecule has 0 spiro atoms. The van der Waals surface area contributed by atoms with Crippen LogP contribution in [0, 0.1) is 0 Å². The Hall–Kier alpha value is -2.55. The Morgan fingerprint density at radius 3 is 2.55 bits per heavy atom. The lowest BCUT2D eigenvalue weighted by atomic mass is 10.2. The van der Waals surface area contributed by atoms with Crippen molar-refractivity contribution in [2.24, 2.45) is 7.05 Å². The van der Waals surface area contributed by atoms with E-state index in [0.29, 0.717) is 0 Å². The lowest BCUT2D eigenvalue weighted by Crippen LogP contribution is -2.26. The summed E-state index contributed by atoms with van der Waals surface area (Å²) in [4.78, 5) is 14.0. The Labute approximate surface area is 131 Å². The third kappa shape index (κ3) is 3.03. The van der Waals surface area contributed by atoms with Gasteiger partial charge in [0.15, 0.2) is 0 Å². The third-order valence-corrected chi connectivity index (χ3v) is 3.56. The molecule has 1 heterocycles. The van der Waals surface area contributed by atoms with Gasteiger partial charge in [-0.15, -0.1) is 0 Å². The SMILES string of the molecule is C\C=C/C=C\C(=C/C)N(C(C)=O)c1cn(C)c2ccccc12. The normalized spacial score (nSPS) is 12.6. The van der Waals surface area contributed by atoms with Crippen LogP contribution in [0.25, 0.3) is 10.9 Å². The van der Waals surface area contributed by atoms with Crippen LogP contribution in [-0.4, -0.2) is 10.5 Å². The summed E-state index contributed by atoms with van der Waals surface area (Å²) in [6.07, 6.45) is 11.7. The number of fused-ring (bicyclic) bond motifs is 1. The number of carbonyl (C=O) groups is 1. The molecule has 0 aliphatic heterocycles. The maximum Gasteiger partial charge on any atom is 0.228 e. The summed E-state index contributed by atoms with van der Waals surface area (Å²) >= 11 is 0. The molecule has 0 unspecified atom stereocenters. The maximum atomic E-state index is 12.3. The fourth-order valence-corrected chi connectivity index (χ4v) is 2.55. The van der Waals surface area contributed by atoms with E-state index in [2.05, 4.69) is 6.07 Å². The fourth-order valence-electron chi connectivity index (χ4n) is 2.55. The standard InChI is InChI=1S/C19H22N2O/c1-5-7-8-11-16(6-2)21(15(3)22)19-14-20(4)18-13-10-9-12-17(18)19/h5-14H,1-4H3/b7-5-,11-8-,16-6+. The number of carbonyl (C=O) groups excluding carboxylic acids is 1. The number of nitrogens with zero attached hydrogens (tertiary/aromatic N) is 2. The Balaban J connectivity index is 2.58. The first kappa shape index (κ1) is 15.8. The van der Waals surface area contributed by atoms with Crippen molar-refractivity contribution in [2.45, 2.75) is 20.8 Å². The van der Waals surface area contributed by atoms with Crippen molar-refractivity contribution in [1.29, 1.82) is 0 Å². The van der Waals surface area contributed by atoms with E-state index in [4.69, 9.17) is 0 Å². The summed E-state index contributed by atoms with van der Waals surface area (Å²) in [6, 6.07) is 8.10. The Bertz CT molecular complexity index is 763. The molecule has 0 bridgehead atoms. The van der Waals surface area contributed by atoms with E-state index in [-0.39, 0.29) is 5.91 Å². The number of hydrogen-bond donors (Lipinski definition) is 0. The zero-order chi connectivity index (χ0) is 16.1. The Morgan fingerprint density at radius 1 is 1.18 bits per heavy atom. The van der Waals surface area contributed by atoms with Crippen LogP contribution in [0.3, 0.4) is 0 Å². The molecule has 0 saturated carbocycles. The molecule has 114 valence electrons. The van der Waals surface area contributed by atoms with Gasteiger partial charge in [-0.3, -0.25) is 9.69 Å². The molecule has 0 saturated heterocycles. The van der Waals surface area contributed by atoms with Crippen molar-refractivity contribution in [3.63, 3.8) is 0 Å². The average molecular weight is 294 g/mol. The van der Waals surface area contributed by atoms with Crippen LogP contribution < -0.4 is 4.90 Å². The second-order valence-electron chi connectivity index (χ2n) is 5.10. The molecular formula is C19H22N2O. The summed E-state index contributed by atoms with van der Waals surface area (Å²) in [7, 11) is 2.00. The maximum absolute atomic E-state index is 12.3. The lowest BCUT2D eigenvalue weighted by Gasteiger charge is -2.21. The average Bonchev–Trinajstić information content (AvgIpc) is 2.83. The first-order valence-corrected chi connectivity index (χ1v) is 7.40. The van der Waals surface area contributed by atoms with Crippen LogP contribution in [0.4, 0.5) is 5.69 Å². The van der Waals surface area contributed by atoms with Gasteiger partial charge >= 0.3 is 0 Å². The van der Waals surface area contributed by atoms with E-state index in [9.17, 15) is 4.79 Å². The first-order chi connectivity index (χ1) is 10.6. The number of amides is 1. The molecule has 22 heavy (non-hydrogen) atoms. The molecule has 3 nitrogen and oxygen atoms in total. The van der Waals surface area contributed by atoms with E-state index in [1.807, 2.05) is 80.2 Å². The summed E-state index contributed by atoms with van der Waals surface area (Å²) in [6.45, 7) is 5.50. The van der Waals surface area contributed by atoms with Gasteiger partial charge < -0.3 is 4.57 Å². The highest BCUT2D eigenvalue weighted by Gasteiger charge is 2.19. The van der Waals surface area contributed by atoms with Gasteiger partial charge in [0.2, 0.25) is 5.91 Å². The van der Waals surface area contributed by atoms with Gasteiger partial charge in [0.05, 0.1) is 5.69 Å². The van der Waals surface area contributed by atoms with Crippen molar-refractivity contribution in [3.05, 3.63) is 66.5 Å². The van der Waals surface area contributed by atoms with E-state index in [1.54, 1.807) is 11.8 Å². The Kier molecular flexibility index (Phi) is 4.99. The van der Waals surface area contributed by atoms with Gasteiger partial charge in [-0.2, -0.15) is 0 Å². The van der Waals surface area contributed by atoms with Crippen LogP contribution in [0.2, 0.25) is 0 Å².